The minimum absolute atomic E-state index is 0.206. The Morgan fingerprint density at radius 3 is 2.12 bits per heavy atom. The highest BCUT2D eigenvalue weighted by molar-refractivity contribution is 6.02. The van der Waals surface area contributed by atoms with Crippen LogP contribution in [0.3, 0.4) is 0 Å². The molecule has 0 saturated heterocycles. The summed E-state index contributed by atoms with van der Waals surface area (Å²) in [4.78, 5) is 43.6. The smallest absolute Gasteiger partial charge is 0.323 e. The van der Waals surface area contributed by atoms with E-state index >= 15 is 0 Å². The first-order valence-electron chi connectivity index (χ1n) is 17.2. The zero-order valence-electron chi connectivity index (χ0n) is 30.3. The lowest BCUT2D eigenvalue weighted by atomic mass is 10.0. The van der Waals surface area contributed by atoms with E-state index in [1.54, 1.807) is 105 Å². The third kappa shape index (κ3) is 11.2. The maximum atomic E-state index is 14.4. The zero-order valence-corrected chi connectivity index (χ0v) is 30.3. The van der Waals surface area contributed by atoms with Crippen molar-refractivity contribution < 1.29 is 38.4 Å². The van der Waals surface area contributed by atoms with Crippen LogP contribution in [0.15, 0.2) is 66.7 Å². The Hall–Kier alpha value is -5.01. The van der Waals surface area contributed by atoms with Gasteiger partial charge in [0.2, 0.25) is 0 Å². The molecule has 0 aliphatic carbocycles. The molecule has 4 rings (SSSR count). The number of likely N-dealkylation sites (N-methyl/N-ethyl adjacent to an activating group) is 1. The van der Waals surface area contributed by atoms with Crippen molar-refractivity contribution in [3.8, 4) is 17.2 Å². The number of urea groups is 2. The number of nitrogens with zero attached hydrogens (tertiary/aromatic N) is 2. The van der Waals surface area contributed by atoms with Crippen molar-refractivity contribution in [1.29, 1.82) is 0 Å². The fraction of sp³-hybridized carbons (Fsp3) is 0.447. The molecule has 1 aliphatic rings. The minimum Gasteiger partial charge on any atom is -0.497 e. The van der Waals surface area contributed by atoms with Crippen LogP contribution in [-0.2, 0) is 4.74 Å². The zero-order chi connectivity index (χ0) is 36.9. The Bertz CT molecular complexity index is 1590. The van der Waals surface area contributed by atoms with Gasteiger partial charge in [0.05, 0.1) is 44.6 Å². The topological polar surface area (TPSA) is 151 Å². The van der Waals surface area contributed by atoms with Gasteiger partial charge in [-0.2, -0.15) is 0 Å². The van der Waals surface area contributed by atoms with Crippen LogP contribution >= 0.6 is 0 Å². The lowest BCUT2D eigenvalue weighted by Gasteiger charge is -2.35. The maximum absolute atomic E-state index is 14.4. The van der Waals surface area contributed by atoms with Crippen molar-refractivity contribution in [2.45, 2.75) is 58.3 Å². The number of aliphatic hydroxyl groups excluding tert-OH is 1. The number of aliphatic hydroxyl groups is 1. The average Bonchev–Trinajstić information content (AvgIpc) is 3.13. The van der Waals surface area contributed by atoms with Gasteiger partial charge in [-0.05, 0) is 99.8 Å². The molecule has 0 unspecified atom stereocenters. The van der Waals surface area contributed by atoms with E-state index < -0.39 is 18.2 Å². The first kappa shape index (κ1) is 38.8. The molecule has 276 valence electrons. The number of ether oxygens (including phenoxy) is 4. The number of amides is 5. The second-order valence-corrected chi connectivity index (χ2v) is 12.9. The normalized spacial score (nSPS) is 19.0. The Morgan fingerprint density at radius 1 is 0.922 bits per heavy atom. The highest BCUT2D eigenvalue weighted by Crippen LogP contribution is 2.29. The molecule has 3 aromatic rings. The van der Waals surface area contributed by atoms with Gasteiger partial charge in [-0.1, -0.05) is 6.92 Å². The molecular formula is C38H51N5O8. The quantitative estimate of drug-likeness (QED) is 0.202. The van der Waals surface area contributed by atoms with E-state index in [2.05, 4.69) is 16.0 Å². The molecule has 0 bridgehead atoms. The molecule has 3 aromatic carbocycles. The van der Waals surface area contributed by atoms with Crippen LogP contribution in [0.1, 0.15) is 50.4 Å². The number of anilines is 3. The summed E-state index contributed by atoms with van der Waals surface area (Å²) < 4.78 is 23.1. The second kappa shape index (κ2) is 18.8. The summed E-state index contributed by atoms with van der Waals surface area (Å²) in [5, 5.41) is 18.7. The first-order chi connectivity index (χ1) is 24.5. The number of carbonyl (C=O) groups is 3. The van der Waals surface area contributed by atoms with Crippen LogP contribution in [0.5, 0.6) is 17.2 Å². The number of carbonyl (C=O) groups excluding carboxylic acids is 3. The van der Waals surface area contributed by atoms with Crippen LogP contribution in [0.4, 0.5) is 26.7 Å². The number of nitrogens with one attached hydrogen (secondary N) is 3. The van der Waals surface area contributed by atoms with Crippen LogP contribution in [0.25, 0.3) is 0 Å². The molecule has 51 heavy (non-hydrogen) atoms. The summed E-state index contributed by atoms with van der Waals surface area (Å²) in [5.41, 5.74) is 1.84. The predicted octanol–water partition coefficient (Wildman–Crippen LogP) is 6.31. The molecule has 13 heteroatoms. The van der Waals surface area contributed by atoms with E-state index in [4.69, 9.17) is 18.9 Å². The number of fused-ring (bicyclic) bond motifs is 1. The van der Waals surface area contributed by atoms with Gasteiger partial charge in [-0.3, -0.25) is 4.79 Å². The van der Waals surface area contributed by atoms with Gasteiger partial charge in [-0.25, -0.2) is 9.59 Å². The maximum Gasteiger partial charge on any atom is 0.323 e. The van der Waals surface area contributed by atoms with E-state index in [0.29, 0.717) is 40.9 Å². The predicted molar refractivity (Wildman–Crippen MR) is 197 cm³/mol. The molecule has 0 radical (unpaired) electrons. The highest BCUT2D eigenvalue weighted by atomic mass is 16.5. The Balaban J connectivity index is 1.55. The van der Waals surface area contributed by atoms with Crippen molar-refractivity contribution in [1.82, 2.24) is 9.80 Å². The van der Waals surface area contributed by atoms with Gasteiger partial charge in [0.15, 0.2) is 0 Å². The van der Waals surface area contributed by atoms with Crippen molar-refractivity contribution >= 4 is 35.0 Å². The summed E-state index contributed by atoms with van der Waals surface area (Å²) in [7, 11) is 4.85. The van der Waals surface area contributed by atoms with Crippen molar-refractivity contribution in [3.63, 3.8) is 0 Å². The Kier molecular flexibility index (Phi) is 14.3. The van der Waals surface area contributed by atoms with Gasteiger partial charge < -0.3 is 49.8 Å². The van der Waals surface area contributed by atoms with Gasteiger partial charge >= 0.3 is 12.1 Å². The number of benzene rings is 3. The van der Waals surface area contributed by atoms with Gasteiger partial charge in [0.25, 0.3) is 5.91 Å². The van der Waals surface area contributed by atoms with Crippen LogP contribution in [0.2, 0.25) is 0 Å². The van der Waals surface area contributed by atoms with E-state index in [1.165, 1.54) is 0 Å². The van der Waals surface area contributed by atoms with Gasteiger partial charge in [0, 0.05) is 49.7 Å². The highest BCUT2D eigenvalue weighted by Gasteiger charge is 2.31. The summed E-state index contributed by atoms with van der Waals surface area (Å²) in [6.45, 7) is 6.38. The average molecular weight is 706 g/mol. The summed E-state index contributed by atoms with van der Waals surface area (Å²) in [6.07, 6.45) is 1.72. The SMILES string of the molecule is COc1ccc(NC(=O)Nc2ccc3c(c2)C(=O)N([C@@H](C)CO)C[C@@H](C)[C@@H](CN(C)C(=O)Nc2ccc(OC)cc2)OCCCC[C@H](C)O3)cc1. The summed E-state index contributed by atoms with van der Waals surface area (Å²) in [5.74, 6) is 1.13. The van der Waals surface area contributed by atoms with Crippen molar-refractivity contribution in [3.05, 3.63) is 72.3 Å². The third-order valence-corrected chi connectivity index (χ3v) is 8.80. The molecule has 1 heterocycles. The lowest BCUT2D eigenvalue weighted by molar-refractivity contribution is -0.0115. The van der Waals surface area contributed by atoms with Crippen molar-refractivity contribution in [2.75, 3.05) is 63.5 Å². The third-order valence-electron chi connectivity index (χ3n) is 8.80. The van der Waals surface area contributed by atoms with Gasteiger partial charge in [-0.15, -0.1) is 0 Å². The number of methoxy groups -OCH3 is 2. The second-order valence-electron chi connectivity index (χ2n) is 12.9. The minimum atomic E-state index is -0.551. The molecule has 0 fully saturated rings. The van der Waals surface area contributed by atoms with Gasteiger partial charge in [0.1, 0.15) is 17.2 Å². The number of hydrogen-bond acceptors (Lipinski definition) is 8. The molecule has 5 amide bonds. The number of hydrogen-bond donors (Lipinski definition) is 4. The van der Waals surface area contributed by atoms with E-state index in [0.717, 1.165) is 19.3 Å². The molecule has 1 aliphatic heterocycles. The molecular weight excluding hydrogens is 654 g/mol. The van der Waals surface area contributed by atoms with E-state index in [-0.39, 0.29) is 49.2 Å². The number of rotatable bonds is 9. The lowest BCUT2D eigenvalue weighted by Crippen LogP contribution is -2.48. The molecule has 0 saturated carbocycles. The summed E-state index contributed by atoms with van der Waals surface area (Å²) in [6, 6.07) is 17.6. The van der Waals surface area contributed by atoms with Crippen LogP contribution < -0.4 is 30.2 Å². The van der Waals surface area contributed by atoms with E-state index in [1.807, 2.05) is 13.8 Å². The standard InChI is InChI=1S/C38H51N5O8/c1-25-22-43(26(2)24-44)36(45)33-21-30(40-37(46)39-28-10-15-31(48-5)16-11-28)14-19-34(33)51-27(3)9-7-8-20-50-35(25)23-42(4)38(47)41-29-12-17-32(49-6)18-13-29/h10-19,21,25-27,35,44H,7-9,20,22-24H2,1-6H3,(H,41,47)(H2,39,40,46)/t25-,26+,27+,35-/m1/s1. The fourth-order valence-electron chi connectivity index (χ4n) is 5.68. The monoisotopic (exact) mass is 705 g/mol. The largest absolute Gasteiger partial charge is 0.497 e. The summed E-state index contributed by atoms with van der Waals surface area (Å²) >= 11 is 0. The molecule has 4 atom stereocenters. The van der Waals surface area contributed by atoms with E-state index in [9.17, 15) is 19.5 Å². The van der Waals surface area contributed by atoms with Crippen LogP contribution in [0, 0.1) is 5.92 Å². The molecule has 0 spiro atoms. The Morgan fingerprint density at radius 2 is 1.51 bits per heavy atom. The molecule has 0 aromatic heterocycles. The fourth-order valence-corrected chi connectivity index (χ4v) is 5.68. The molecule has 4 N–H and O–H groups in total. The van der Waals surface area contributed by atoms with Crippen LogP contribution in [-0.4, -0.2) is 98.7 Å². The van der Waals surface area contributed by atoms with Crippen molar-refractivity contribution in [2.24, 2.45) is 5.92 Å². The first-order valence-corrected chi connectivity index (χ1v) is 17.2. The Labute approximate surface area is 300 Å². The molecule has 13 nitrogen and oxygen atoms in total.